The molecule has 1 aromatic heterocycles. The highest BCUT2D eigenvalue weighted by atomic mass is 16.2. The molecular weight excluding hydrogens is 238 g/mol. The largest absolute Gasteiger partial charge is 0.336 e. The van der Waals surface area contributed by atoms with Crippen LogP contribution in [-0.2, 0) is 11.3 Å². The van der Waals surface area contributed by atoms with E-state index in [1.807, 2.05) is 36.1 Å². The lowest BCUT2D eigenvalue weighted by atomic mass is 10.2. The van der Waals surface area contributed by atoms with Gasteiger partial charge in [-0.25, -0.2) is 9.97 Å². The van der Waals surface area contributed by atoms with Crippen LogP contribution in [0.5, 0.6) is 0 Å². The van der Waals surface area contributed by atoms with Crippen LogP contribution in [0.1, 0.15) is 24.7 Å². The van der Waals surface area contributed by atoms with Crippen LogP contribution in [0.2, 0.25) is 0 Å². The summed E-state index contributed by atoms with van der Waals surface area (Å²) in [6, 6.07) is 7.84. The highest BCUT2D eigenvalue weighted by Gasteiger charge is 2.27. The van der Waals surface area contributed by atoms with Crippen molar-refractivity contribution in [2.24, 2.45) is 5.92 Å². The second-order valence-corrected chi connectivity index (χ2v) is 5.33. The Labute approximate surface area is 112 Å². The molecule has 1 fully saturated rings. The van der Waals surface area contributed by atoms with Gasteiger partial charge >= 0.3 is 0 Å². The van der Waals surface area contributed by atoms with E-state index in [1.54, 1.807) is 0 Å². The molecule has 0 bridgehead atoms. The molecule has 1 aliphatic rings. The zero-order valence-corrected chi connectivity index (χ0v) is 11.3. The molecule has 0 saturated carbocycles. The first-order valence-corrected chi connectivity index (χ1v) is 6.63. The number of hydrogen-bond acceptors (Lipinski definition) is 3. The third-order valence-electron chi connectivity index (χ3n) is 3.59. The van der Waals surface area contributed by atoms with Crippen LogP contribution in [0.4, 0.5) is 0 Å². The maximum absolute atomic E-state index is 11.8. The van der Waals surface area contributed by atoms with Gasteiger partial charge in [-0.3, -0.25) is 4.79 Å². The number of nitrogens with zero attached hydrogens (tertiary/aromatic N) is 3. The summed E-state index contributed by atoms with van der Waals surface area (Å²) in [5, 5.41) is 0. The van der Waals surface area contributed by atoms with Gasteiger partial charge in [-0.15, -0.1) is 0 Å². The minimum atomic E-state index is 0.224. The van der Waals surface area contributed by atoms with Crippen molar-refractivity contribution in [1.82, 2.24) is 14.9 Å². The van der Waals surface area contributed by atoms with Crippen LogP contribution in [0.25, 0.3) is 11.0 Å². The van der Waals surface area contributed by atoms with Gasteiger partial charge in [-0.1, -0.05) is 19.1 Å². The lowest BCUT2D eigenvalue weighted by Gasteiger charge is -2.16. The smallest absolute Gasteiger partial charge is 0.223 e. The van der Waals surface area contributed by atoms with Crippen LogP contribution >= 0.6 is 0 Å². The Balaban J connectivity index is 1.92. The van der Waals surface area contributed by atoms with Gasteiger partial charge in [0.1, 0.15) is 0 Å². The molecule has 4 heteroatoms. The summed E-state index contributed by atoms with van der Waals surface area (Å²) < 4.78 is 0. The van der Waals surface area contributed by atoms with E-state index in [1.165, 1.54) is 0 Å². The number of rotatable bonds is 2. The fourth-order valence-electron chi connectivity index (χ4n) is 2.58. The monoisotopic (exact) mass is 255 g/mol. The third kappa shape index (κ3) is 2.30. The molecule has 1 atom stereocenters. The van der Waals surface area contributed by atoms with Crippen molar-refractivity contribution in [1.29, 1.82) is 0 Å². The highest BCUT2D eigenvalue weighted by Crippen LogP contribution is 2.20. The van der Waals surface area contributed by atoms with E-state index in [9.17, 15) is 4.79 Å². The second kappa shape index (κ2) is 4.61. The van der Waals surface area contributed by atoms with Gasteiger partial charge in [0.05, 0.1) is 29.0 Å². The summed E-state index contributed by atoms with van der Waals surface area (Å²) in [5.41, 5.74) is 3.61. The maximum atomic E-state index is 11.8. The van der Waals surface area contributed by atoms with Crippen LogP contribution in [-0.4, -0.2) is 27.3 Å². The fourth-order valence-corrected chi connectivity index (χ4v) is 2.58. The first kappa shape index (κ1) is 12.1. The molecule has 19 heavy (non-hydrogen) atoms. The van der Waals surface area contributed by atoms with Gasteiger partial charge in [-0.2, -0.15) is 0 Å². The van der Waals surface area contributed by atoms with Gasteiger partial charge < -0.3 is 4.90 Å². The zero-order chi connectivity index (χ0) is 13.4. The van der Waals surface area contributed by atoms with Crippen LogP contribution in [0.3, 0.4) is 0 Å². The van der Waals surface area contributed by atoms with Gasteiger partial charge in [0, 0.05) is 13.0 Å². The van der Waals surface area contributed by atoms with Crippen molar-refractivity contribution in [3.63, 3.8) is 0 Å². The number of likely N-dealkylation sites (tertiary alicyclic amines) is 1. The average Bonchev–Trinajstić information content (AvgIpc) is 2.69. The van der Waals surface area contributed by atoms with E-state index < -0.39 is 0 Å². The van der Waals surface area contributed by atoms with Crippen molar-refractivity contribution < 1.29 is 4.79 Å². The van der Waals surface area contributed by atoms with E-state index in [2.05, 4.69) is 16.9 Å². The SMILES string of the molecule is Cc1nc2ccccc2nc1CN1C[C@H](C)CC1=O. The van der Waals surface area contributed by atoms with Gasteiger partial charge in [-0.05, 0) is 25.0 Å². The van der Waals surface area contributed by atoms with Gasteiger partial charge in [0.15, 0.2) is 0 Å². The normalized spacial score (nSPS) is 19.4. The van der Waals surface area contributed by atoms with Gasteiger partial charge in [0.25, 0.3) is 0 Å². The molecule has 3 rings (SSSR count). The van der Waals surface area contributed by atoms with Crippen molar-refractivity contribution in [3.05, 3.63) is 35.7 Å². The molecule has 4 nitrogen and oxygen atoms in total. The molecule has 0 radical (unpaired) electrons. The topological polar surface area (TPSA) is 46.1 Å². The standard InChI is InChI=1S/C15H17N3O/c1-10-7-15(19)18(8-10)9-14-11(2)16-12-5-3-4-6-13(12)17-14/h3-6,10H,7-9H2,1-2H3/t10-/m1/s1. The first-order valence-electron chi connectivity index (χ1n) is 6.63. The molecule has 0 unspecified atom stereocenters. The first-order chi connectivity index (χ1) is 9.13. The quantitative estimate of drug-likeness (QED) is 0.827. The number of aromatic nitrogens is 2. The van der Waals surface area contributed by atoms with Gasteiger partial charge in [0.2, 0.25) is 5.91 Å². The lowest BCUT2D eigenvalue weighted by Crippen LogP contribution is -2.25. The minimum Gasteiger partial charge on any atom is -0.336 e. The predicted octanol–water partition coefficient (Wildman–Crippen LogP) is 2.31. The summed E-state index contributed by atoms with van der Waals surface area (Å²) in [6.45, 7) is 5.47. The molecule has 1 saturated heterocycles. The van der Waals surface area contributed by atoms with Crippen LogP contribution in [0.15, 0.2) is 24.3 Å². The molecule has 0 N–H and O–H groups in total. The van der Waals surface area contributed by atoms with E-state index in [-0.39, 0.29) is 5.91 Å². The lowest BCUT2D eigenvalue weighted by molar-refractivity contribution is -0.128. The van der Waals surface area contributed by atoms with Crippen molar-refractivity contribution in [2.75, 3.05) is 6.54 Å². The van der Waals surface area contributed by atoms with Crippen LogP contribution < -0.4 is 0 Å². The summed E-state index contributed by atoms with van der Waals surface area (Å²) in [6.07, 6.45) is 0.653. The Morgan fingerprint density at radius 2 is 1.95 bits per heavy atom. The fraction of sp³-hybridized carbons (Fsp3) is 0.400. The molecule has 2 aromatic rings. The molecule has 0 spiro atoms. The van der Waals surface area contributed by atoms with Crippen molar-refractivity contribution >= 4 is 16.9 Å². The summed E-state index contributed by atoms with van der Waals surface area (Å²) in [7, 11) is 0. The van der Waals surface area contributed by atoms with E-state index in [0.717, 1.165) is 29.0 Å². The second-order valence-electron chi connectivity index (χ2n) is 5.33. The molecule has 1 aliphatic heterocycles. The molecular formula is C15H17N3O. The molecule has 1 amide bonds. The summed E-state index contributed by atoms with van der Waals surface area (Å²) >= 11 is 0. The number of aryl methyl sites for hydroxylation is 1. The van der Waals surface area contributed by atoms with E-state index in [0.29, 0.717) is 18.9 Å². The Hall–Kier alpha value is -1.97. The maximum Gasteiger partial charge on any atom is 0.223 e. The van der Waals surface area contributed by atoms with E-state index in [4.69, 9.17) is 0 Å². The number of carbonyl (C=O) groups is 1. The van der Waals surface area contributed by atoms with Crippen LogP contribution in [0, 0.1) is 12.8 Å². The Kier molecular flexibility index (Phi) is 2.93. The summed E-state index contributed by atoms with van der Waals surface area (Å²) in [5.74, 6) is 0.670. The molecule has 98 valence electrons. The average molecular weight is 255 g/mol. The molecule has 0 aliphatic carbocycles. The molecule has 1 aromatic carbocycles. The molecule has 2 heterocycles. The zero-order valence-electron chi connectivity index (χ0n) is 11.3. The highest BCUT2D eigenvalue weighted by molar-refractivity contribution is 5.78. The van der Waals surface area contributed by atoms with Crippen molar-refractivity contribution in [2.45, 2.75) is 26.8 Å². The predicted molar refractivity (Wildman–Crippen MR) is 73.5 cm³/mol. The third-order valence-corrected chi connectivity index (χ3v) is 3.59. The Morgan fingerprint density at radius 3 is 2.58 bits per heavy atom. The number of carbonyl (C=O) groups excluding carboxylic acids is 1. The van der Waals surface area contributed by atoms with E-state index >= 15 is 0 Å². The number of para-hydroxylation sites is 2. The minimum absolute atomic E-state index is 0.224. The van der Waals surface area contributed by atoms with Crippen molar-refractivity contribution in [3.8, 4) is 0 Å². The Morgan fingerprint density at radius 1 is 1.26 bits per heavy atom. The Bertz CT molecular complexity index is 638. The number of hydrogen-bond donors (Lipinski definition) is 0. The number of fused-ring (bicyclic) bond motifs is 1. The number of benzene rings is 1. The number of amides is 1. The summed E-state index contributed by atoms with van der Waals surface area (Å²) in [4.78, 5) is 22.9.